The third-order valence-electron chi connectivity index (χ3n) is 4.12. The first-order chi connectivity index (χ1) is 11.1. The van der Waals surface area contributed by atoms with E-state index in [-0.39, 0.29) is 12.5 Å². The molecule has 122 valence electrons. The highest BCUT2D eigenvalue weighted by atomic mass is 16.5. The third kappa shape index (κ3) is 3.60. The van der Waals surface area contributed by atoms with Crippen LogP contribution >= 0.6 is 0 Å². The number of amides is 1. The lowest BCUT2D eigenvalue weighted by Gasteiger charge is -2.32. The molecular weight excluding hydrogens is 294 g/mol. The van der Waals surface area contributed by atoms with E-state index < -0.39 is 5.60 Å². The van der Waals surface area contributed by atoms with Gasteiger partial charge in [-0.15, -0.1) is 0 Å². The van der Waals surface area contributed by atoms with Crippen molar-refractivity contribution in [2.75, 3.05) is 19.8 Å². The van der Waals surface area contributed by atoms with E-state index in [4.69, 9.17) is 4.74 Å². The number of rotatable bonds is 4. The smallest absolute Gasteiger partial charge is 0.255 e. The molecular formula is C17H21N3O3. The Balaban J connectivity index is 1.75. The number of carbonyl (C=O) groups is 1. The zero-order chi connectivity index (χ0) is 16.3. The van der Waals surface area contributed by atoms with Crippen molar-refractivity contribution >= 4 is 5.91 Å². The van der Waals surface area contributed by atoms with Crippen LogP contribution in [-0.4, -0.2) is 46.2 Å². The molecule has 1 aromatic heterocycles. The van der Waals surface area contributed by atoms with Crippen molar-refractivity contribution in [2.24, 2.45) is 7.05 Å². The molecule has 23 heavy (non-hydrogen) atoms. The second kappa shape index (κ2) is 6.52. The predicted octanol–water partition coefficient (Wildman–Crippen LogP) is 1.36. The Hall–Kier alpha value is -2.18. The molecule has 2 N–H and O–H groups in total. The van der Waals surface area contributed by atoms with Crippen LogP contribution in [0.3, 0.4) is 0 Å². The number of aliphatic hydroxyl groups is 1. The fourth-order valence-electron chi connectivity index (χ4n) is 2.73. The average molecular weight is 315 g/mol. The summed E-state index contributed by atoms with van der Waals surface area (Å²) in [4.78, 5) is 12.5. The minimum Gasteiger partial charge on any atom is -0.388 e. The van der Waals surface area contributed by atoms with E-state index in [1.807, 2.05) is 30.3 Å². The molecule has 1 aromatic carbocycles. The SMILES string of the molecule is Cn1cc(C(=O)NCC2(O)CCOCC2)c(-c2ccccc2)n1. The molecule has 1 amide bonds. The molecule has 2 heterocycles. The van der Waals surface area contributed by atoms with Crippen LogP contribution in [0.25, 0.3) is 11.3 Å². The minimum absolute atomic E-state index is 0.221. The largest absolute Gasteiger partial charge is 0.388 e. The van der Waals surface area contributed by atoms with Crippen LogP contribution in [0.1, 0.15) is 23.2 Å². The molecule has 1 saturated heterocycles. The summed E-state index contributed by atoms with van der Waals surface area (Å²) in [6, 6.07) is 9.59. The molecule has 6 nitrogen and oxygen atoms in total. The number of nitrogens with zero attached hydrogens (tertiary/aromatic N) is 2. The summed E-state index contributed by atoms with van der Waals surface area (Å²) >= 11 is 0. The Bertz CT molecular complexity index is 676. The molecule has 0 saturated carbocycles. The van der Waals surface area contributed by atoms with E-state index in [0.29, 0.717) is 37.3 Å². The number of carbonyl (C=O) groups excluding carboxylic acids is 1. The van der Waals surface area contributed by atoms with Gasteiger partial charge >= 0.3 is 0 Å². The second-order valence-corrected chi connectivity index (χ2v) is 5.95. The maximum absolute atomic E-state index is 12.5. The first-order valence-electron chi connectivity index (χ1n) is 7.75. The van der Waals surface area contributed by atoms with Crippen LogP contribution in [0, 0.1) is 0 Å². The highest BCUT2D eigenvalue weighted by Gasteiger charge is 2.30. The quantitative estimate of drug-likeness (QED) is 0.893. The molecule has 1 aliphatic heterocycles. The Morgan fingerprint density at radius 1 is 1.35 bits per heavy atom. The Labute approximate surface area is 135 Å². The summed E-state index contributed by atoms with van der Waals surface area (Å²) in [5.41, 5.74) is 1.16. The van der Waals surface area contributed by atoms with Crippen molar-refractivity contribution < 1.29 is 14.6 Å². The number of ether oxygens (including phenoxy) is 1. The maximum atomic E-state index is 12.5. The van der Waals surface area contributed by atoms with Crippen LogP contribution < -0.4 is 5.32 Å². The zero-order valence-corrected chi connectivity index (χ0v) is 13.2. The van der Waals surface area contributed by atoms with Crippen molar-refractivity contribution in [2.45, 2.75) is 18.4 Å². The predicted molar refractivity (Wildman–Crippen MR) is 86.0 cm³/mol. The molecule has 3 rings (SSSR count). The summed E-state index contributed by atoms with van der Waals surface area (Å²) in [6.45, 7) is 1.27. The van der Waals surface area contributed by atoms with Gasteiger partial charge in [0.2, 0.25) is 0 Å². The van der Waals surface area contributed by atoms with Crippen molar-refractivity contribution in [3.63, 3.8) is 0 Å². The molecule has 0 unspecified atom stereocenters. The number of hydrogen-bond donors (Lipinski definition) is 2. The minimum atomic E-state index is -0.886. The van der Waals surface area contributed by atoms with Crippen LogP contribution in [0.15, 0.2) is 36.5 Å². The van der Waals surface area contributed by atoms with Gasteiger partial charge < -0.3 is 15.2 Å². The molecule has 0 radical (unpaired) electrons. The number of aromatic nitrogens is 2. The lowest BCUT2D eigenvalue weighted by Crippen LogP contribution is -2.46. The fraction of sp³-hybridized carbons (Fsp3) is 0.412. The molecule has 0 aliphatic carbocycles. The molecule has 0 spiro atoms. The van der Waals surface area contributed by atoms with Gasteiger partial charge in [-0.1, -0.05) is 30.3 Å². The van der Waals surface area contributed by atoms with E-state index in [1.54, 1.807) is 17.9 Å². The Morgan fingerprint density at radius 3 is 2.74 bits per heavy atom. The summed E-state index contributed by atoms with van der Waals surface area (Å²) < 4.78 is 6.88. The van der Waals surface area contributed by atoms with E-state index in [9.17, 15) is 9.90 Å². The van der Waals surface area contributed by atoms with Crippen molar-refractivity contribution in [3.05, 3.63) is 42.1 Å². The summed E-state index contributed by atoms with van der Waals surface area (Å²) in [7, 11) is 1.79. The molecule has 0 atom stereocenters. The fourth-order valence-corrected chi connectivity index (χ4v) is 2.73. The van der Waals surface area contributed by atoms with Gasteiger partial charge in [0.25, 0.3) is 5.91 Å². The average Bonchev–Trinajstić information content (AvgIpc) is 2.96. The summed E-state index contributed by atoms with van der Waals surface area (Å²) in [5.74, 6) is -0.225. The standard InChI is InChI=1S/C17H21N3O3/c1-20-11-14(15(19-20)13-5-3-2-4-6-13)16(21)18-12-17(22)7-9-23-10-8-17/h2-6,11,22H,7-10,12H2,1H3,(H,18,21). The van der Waals surface area contributed by atoms with E-state index in [0.717, 1.165) is 5.56 Å². The second-order valence-electron chi connectivity index (χ2n) is 5.95. The first kappa shape index (κ1) is 15.7. The van der Waals surface area contributed by atoms with Crippen molar-refractivity contribution in [3.8, 4) is 11.3 Å². The lowest BCUT2D eigenvalue weighted by molar-refractivity contribution is -0.0605. The normalized spacial score (nSPS) is 17.0. The highest BCUT2D eigenvalue weighted by molar-refractivity contribution is 5.99. The monoisotopic (exact) mass is 315 g/mol. The number of hydrogen-bond acceptors (Lipinski definition) is 4. The van der Waals surface area contributed by atoms with Crippen LogP contribution in [-0.2, 0) is 11.8 Å². The Morgan fingerprint density at radius 2 is 2.04 bits per heavy atom. The number of benzene rings is 1. The first-order valence-corrected chi connectivity index (χ1v) is 7.75. The number of aryl methyl sites for hydroxylation is 1. The zero-order valence-electron chi connectivity index (χ0n) is 13.2. The number of nitrogens with one attached hydrogen (secondary N) is 1. The van der Waals surface area contributed by atoms with Gasteiger partial charge in [-0.25, -0.2) is 0 Å². The summed E-state index contributed by atoms with van der Waals surface area (Å²) in [6.07, 6.45) is 2.77. The van der Waals surface area contributed by atoms with Gasteiger partial charge in [0.15, 0.2) is 0 Å². The molecule has 6 heteroatoms. The molecule has 1 aliphatic rings. The maximum Gasteiger partial charge on any atom is 0.255 e. The Kier molecular flexibility index (Phi) is 4.45. The van der Waals surface area contributed by atoms with Gasteiger partial charge in [-0.3, -0.25) is 9.48 Å². The van der Waals surface area contributed by atoms with E-state index in [1.165, 1.54) is 0 Å². The van der Waals surface area contributed by atoms with Crippen molar-refractivity contribution in [1.29, 1.82) is 0 Å². The third-order valence-corrected chi connectivity index (χ3v) is 4.12. The van der Waals surface area contributed by atoms with E-state index >= 15 is 0 Å². The van der Waals surface area contributed by atoms with Crippen molar-refractivity contribution in [1.82, 2.24) is 15.1 Å². The van der Waals surface area contributed by atoms with Gasteiger partial charge in [-0.2, -0.15) is 5.10 Å². The van der Waals surface area contributed by atoms with Crippen LogP contribution in [0.2, 0.25) is 0 Å². The lowest BCUT2D eigenvalue weighted by atomic mass is 9.94. The van der Waals surface area contributed by atoms with Gasteiger partial charge in [-0.05, 0) is 0 Å². The topological polar surface area (TPSA) is 76.4 Å². The van der Waals surface area contributed by atoms with Gasteiger partial charge in [0.1, 0.15) is 5.69 Å². The summed E-state index contributed by atoms with van der Waals surface area (Å²) in [5, 5.41) is 17.7. The molecule has 2 aromatic rings. The van der Waals surface area contributed by atoms with Gasteiger partial charge in [0.05, 0.1) is 11.2 Å². The highest BCUT2D eigenvalue weighted by Crippen LogP contribution is 2.23. The van der Waals surface area contributed by atoms with Crippen LogP contribution in [0.4, 0.5) is 0 Å². The van der Waals surface area contributed by atoms with Crippen LogP contribution in [0.5, 0.6) is 0 Å². The van der Waals surface area contributed by atoms with E-state index in [2.05, 4.69) is 10.4 Å². The molecule has 1 fully saturated rings. The van der Waals surface area contributed by atoms with Gasteiger partial charge in [0, 0.05) is 51.4 Å². The molecule has 0 bridgehead atoms.